The Hall–Kier alpha value is -0.520. The molecule has 0 aromatic heterocycles. The number of ether oxygens (including phenoxy) is 2. The van der Waals surface area contributed by atoms with Gasteiger partial charge in [-0.25, -0.2) is 0 Å². The van der Waals surface area contributed by atoms with Crippen molar-refractivity contribution in [1.82, 2.24) is 4.90 Å². The summed E-state index contributed by atoms with van der Waals surface area (Å²) in [6.45, 7) is 3.85. The minimum atomic E-state index is 0.0725. The first kappa shape index (κ1) is 15.9. The summed E-state index contributed by atoms with van der Waals surface area (Å²) in [7, 11) is 0. The second-order valence-corrected chi connectivity index (χ2v) is 5.56. The van der Waals surface area contributed by atoms with E-state index in [-0.39, 0.29) is 12.7 Å². The lowest BCUT2D eigenvalue weighted by Gasteiger charge is -2.17. The van der Waals surface area contributed by atoms with Crippen molar-refractivity contribution in [3.05, 3.63) is 28.2 Å². The Balaban J connectivity index is 1.74. The summed E-state index contributed by atoms with van der Waals surface area (Å²) in [6, 6.07) is 5.33. The Labute approximate surface area is 129 Å². The number of hydrogen-bond acceptors (Lipinski definition) is 4. The van der Waals surface area contributed by atoms with Crippen LogP contribution in [0.5, 0.6) is 5.75 Å². The standard InChI is InChI=1S/C14H19Cl2NO3/c15-13-2-1-11(9-14(13)16)20-12-3-4-17(10-12)5-7-19-8-6-18/h1-2,9,12,18H,3-8,10H2. The second kappa shape index (κ2) is 8.05. The summed E-state index contributed by atoms with van der Waals surface area (Å²) in [5, 5.41) is 9.67. The number of halogens is 2. The second-order valence-electron chi connectivity index (χ2n) is 4.74. The zero-order chi connectivity index (χ0) is 14.4. The van der Waals surface area contributed by atoms with Crippen molar-refractivity contribution in [2.45, 2.75) is 12.5 Å². The van der Waals surface area contributed by atoms with E-state index in [1.165, 1.54) is 0 Å². The molecular formula is C14H19Cl2NO3. The minimum Gasteiger partial charge on any atom is -0.489 e. The minimum absolute atomic E-state index is 0.0725. The van der Waals surface area contributed by atoms with Crippen LogP contribution in [0.1, 0.15) is 6.42 Å². The molecule has 0 radical (unpaired) electrons. The highest BCUT2D eigenvalue weighted by molar-refractivity contribution is 6.42. The van der Waals surface area contributed by atoms with Crippen molar-refractivity contribution in [3.8, 4) is 5.75 Å². The Morgan fingerprint density at radius 1 is 1.25 bits per heavy atom. The van der Waals surface area contributed by atoms with Crippen LogP contribution in [0.25, 0.3) is 0 Å². The summed E-state index contributed by atoms with van der Waals surface area (Å²) in [6.07, 6.45) is 1.16. The monoisotopic (exact) mass is 319 g/mol. The number of rotatable bonds is 7. The highest BCUT2D eigenvalue weighted by Gasteiger charge is 2.23. The average molecular weight is 320 g/mol. The van der Waals surface area contributed by atoms with Crippen LogP contribution in [0.4, 0.5) is 0 Å². The molecule has 1 fully saturated rings. The van der Waals surface area contributed by atoms with Gasteiger partial charge in [-0.05, 0) is 18.6 Å². The zero-order valence-corrected chi connectivity index (χ0v) is 12.7. The van der Waals surface area contributed by atoms with Gasteiger partial charge in [0.1, 0.15) is 11.9 Å². The fourth-order valence-corrected chi connectivity index (χ4v) is 2.49. The lowest BCUT2D eigenvalue weighted by Crippen LogP contribution is -2.28. The van der Waals surface area contributed by atoms with E-state index in [4.69, 9.17) is 37.8 Å². The SMILES string of the molecule is OCCOCCN1CCC(Oc2ccc(Cl)c(Cl)c2)C1. The van der Waals surface area contributed by atoms with Gasteiger partial charge in [0.15, 0.2) is 0 Å². The number of aliphatic hydroxyl groups excluding tert-OH is 1. The van der Waals surface area contributed by atoms with Gasteiger partial charge in [0.05, 0.1) is 29.9 Å². The number of likely N-dealkylation sites (tertiary alicyclic amines) is 1. The van der Waals surface area contributed by atoms with Gasteiger partial charge in [0, 0.05) is 25.7 Å². The highest BCUT2D eigenvalue weighted by Crippen LogP contribution is 2.27. The van der Waals surface area contributed by atoms with E-state index < -0.39 is 0 Å². The van der Waals surface area contributed by atoms with Gasteiger partial charge in [0.2, 0.25) is 0 Å². The topological polar surface area (TPSA) is 41.9 Å². The summed E-state index contributed by atoms with van der Waals surface area (Å²) in [4.78, 5) is 2.29. The summed E-state index contributed by atoms with van der Waals surface area (Å²) in [5.74, 6) is 0.753. The van der Waals surface area contributed by atoms with Crippen LogP contribution < -0.4 is 4.74 Å². The molecule has 1 N–H and O–H groups in total. The molecule has 1 atom stereocenters. The van der Waals surface area contributed by atoms with Crippen LogP contribution in [-0.4, -0.2) is 55.6 Å². The van der Waals surface area contributed by atoms with Gasteiger partial charge >= 0.3 is 0 Å². The molecule has 20 heavy (non-hydrogen) atoms. The smallest absolute Gasteiger partial charge is 0.121 e. The maximum Gasteiger partial charge on any atom is 0.121 e. The number of aliphatic hydroxyl groups is 1. The van der Waals surface area contributed by atoms with Gasteiger partial charge in [-0.1, -0.05) is 23.2 Å². The molecule has 4 nitrogen and oxygen atoms in total. The molecule has 0 amide bonds. The zero-order valence-electron chi connectivity index (χ0n) is 11.2. The first-order valence-electron chi connectivity index (χ1n) is 6.71. The van der Waals surface area contributed by atoms with Gasteiger partial charge in [0.25, 0.3) is 0 Å². The molecule has 0 saturated carbocycles. The summed E-state index contributed by atoms with van der Waals surface area (Å²) >= 11 is 11.8. The molecule has 1 heterocycles. The molecule has 1 aromatic rings. The van der Waals surface area contributed by atoms with E-state index in [2.05, 4.69) is 4.90 Å². The van der Waals surface area contributed by atoms with Crippen molar-refractivity contribution >= 4 is 23.2 Å². The third-order valence-corrected chi connectivity index (χ3v) is 3.95. The largest absolute Gasteiger partial charge is 0.489 e. The molecule has 6 heteroatoms. The molecule has 1 saturated heterocycles. The van der Waals surface area contributed by atoms with E-state index in [0.717, 1.165) is 31.8 Å². The Bertz CT molecular complexity index is 431. The summed E-state index contributed by atoms with van der Waals surface area (Å²) in [5.41, 5.74) is 0. The van der Waals surface area contributed by atoms with Crippen molar-refractivity contribution in [2.75, 3.05) is 39.5 Å². The molecule has 112 valence electrons. The van der Waals surface area contributed by atoms with Gasteiger partial charge in [-0.3, -0.25) is 4.90 Å². The van der Waals surface area contributed by atoms with Crippen LogP contribution in [0.3, 0.4) is 0 Å². The van der Waals surface area contributed by atoms with E-state index in [0.29, 0.717) is 23.3 Å². The predicted molar refractivity (Wildman–Crippen MR) is 79.8 cm³/mol. The molecule has 0 aliphatic carbocycles. The molecule has 0 bridgehead atoms. The van der Waals surface area contributed by atoms with E-state index in [1.807, 2.05) is 6.07 Å². The van der Waals surface area contributed by atoms with E-state index in [1.54, 1.807) is 12.1 Å². The quantitative estimate of drug-likeness (QED) is 0.784. The Morgan fingerprint density at radius 3 is 2.85 bits per heavy atom. The van der Waals surface area contributed by atoms with Crippen LogP contribution in [0.2, 0.25) is 10.0 Å². The number of benzene rings is 1. The predicted octanol–water partition coefficient (Wildman–Crippen LogP) is 2.46. The Kier molecular flexibility index (Phi) is 6.39. The van der Waals surface area contributed by atoms with E-state index in [9.17, 15) is 0 Å². The normalized spacial score (nSPS) is 19.4. The van der Waals surface area contributed by atoms with Crippen LogP contribution in [0.15, 0.2) is 18.2 Å². The fourth-order valence-electron chi connectivity index (χ4n) is 2.20. The van der Waals surface area contributed by atoms with Crippen molar-refractivity contribution in [1.29, 1.82) is 0 Å². The molecule has 1 aliphatic heterocycles. The van der Waals surface area contributed by atoms with Crippen LogP contribution in [0, 0.1) is 0 Å². The highest BCUT2D eigenvalue weighted by atomic mass is 35.5. The number of hydrogen-bond donors (Lipinski definition) is 1. The van der Waals surface area contributed by atoms with Gasteiger partial charge in [-0.2, -0.15) is 0 Å². The van der Waals surface area contributed by atoms with Crippen molar-refractivity contribution in [3.63, 3.8) is 0 Å². The molecule has 1 unspecified atom stereocenters. The lowest BCUT2D eigenvalue weighted by atomic mass is 10.3. The van der Waals surface area contributed by atoms with E-state index >= 15 is 0 Å². The van der Waals surface area contributed by atoms with Crippen molar-refractivity contribution < 1.29 is 14.6 Å². The third-order valence-electron chi connectivity index (χ3n) is 3.21. The fraction of sp³-hybridized carbons (Fsp3) is 0.571. The Morgan fingerprint density at radius 2 is 2.10 bits per heavy atom. The van der Waals surface area contributed by atoms with Crippen LogP contribution >= 0.6 is 23.2 Å². The molecule has 0 spiro atoms. The van der Waals surface area contributed by atoms with Gasteiger partial charge < -0.3 is 14.6 Å². The number of nitrogens with zero attached hydrogens (tertiary/aromatic N) is 1. The molecule has 2 rings (SSSR count). The maximum absolute atomic E-state index is 8.63. The average Bonchev–Trinajstić information content (AvgIpc) is 2.87. The lowest BCUT2D eigenvalue weighted by molar-refractivity contribution is 0.0758. The maximum atomic E-state index is 8.63. The summed E-state index contributed by atoms with van der Waals surface area (Å²) < 4.78 is 11.2. The van der Waals surface area contributed by atoms with Crippen LogP contribution in [-0.2, 0) is 4.74 Å². The molecule has 1 aliphatic rings. The third kappa shape index (κ3) is 4.79. The van der Waals surface area contributed by atoms with Crippen molar-refractivity contribution in [2.24, 2.45) is 0 Å². The first-order valence-corrected chi connectivity index (χ1v) is 7.47. The first-order chi connectivity index (χ1) is 9.69. The molecule has 1 aromatic carbocycles. The van der Waals surface area contributed by atoms with Gasteiger partial charge in [-0.15, -0.1) is 0 Å². The molecular weight excluding hydrogens is 301 g/mol.